The Morgan fingerprint density at radius 3 is 2.89 bits per heavy atom. The first kappa shape index (κ1) is 16.0. The lowest BCUT2D eigenvalue weighted by molar-refractivity contribution is 0.684. The molecule has 4 aromatic heterocycles. The molecule has 0 spiro atoms. The van der Waals surface area contributed by atoms with Crippen LogP contribution in [-0.2, 0) is 6.54 Å². The number of thiazole rings is 1. The molecule has 0 aliphatic rings. The summed E-state index contributed by atoms with van der Waals surface area (Å²) in [5, 5.41) is 11.2. The fourth-order valence-corrected chi connectivity index (χ4v) is 4.07. The molecule has 5 aromatic rings. The fraction of sp³-hybridized carbons (Fsp3) is 0.158. The number of rotatable bonds is 3. The van der Waals surface area contributed by atoms with Crippen LogP contribution in [0.25, 0.3) is 38.4 Å². The molecule has 0 fully saturated rings. The van der Waals surface area contributed by atoms with Gasteiger partial charge in [0.05, 0.1) is 23.0 Å². The second-order valence-electron chi connectivity index (χ2n) is 6.35. The molecule has 0 aliphatic carbocycles. The SMILES string of the molecule is CCn1ncc2cc(-c3cc(=O)n4[nH]cc(-c5nc(C)cs5)c4n3)ccc21. The minimum Gasteiger partial charge on any atom is -0.296 e. The zero-order valence-corrected chi connectivity index (χ0v) is 15.6. The Morgan fingerprint density at radius 1 is 1.22 bits per heavy atom. The molecule has 0 bridgehead atoms. The molecule has 0 radical (unpaired) electrons. The maximum absolute atomic E-state index is 12.6. The minimum atomic E-state index is -0.154. The van der Waals surface area contributed by atoms with E-state index in [0.717, 1.165) is 39.3 Å². The summed E-state index contributed by atoms with van der Waals surface area (Å²) >= 11 is 1.54. The van der Waals surface area contributed by atoms with Crippen molar-refractivity contribution in [2.24, 2.45) is 0 Å². The van der Waals surface area contributed by atoms with Gasteiger partial charge in [-0.2, -0.15) is 5.10 Å². The largest absolute Gasteiger partial charge is 0.296 e. The molecule has 4 heterocycles. The van der Waals surface area contributed by atoms with Crippen molar-refractivity contribution in [3.63, 3.8) is 0 Å². The van der Waals surface area contributed by atoms with Crippen LogP contribution in [0.1, 0.15) is 12.6 Å². The minimum absolute atomic E-state index is 0.154. The van der Waals surface area contributed by atoms with E-state index in [-0.39, 0.29) is 5.56 Å². The maximum atomic E-state index is 12.6. The number of aromatic nitrogens is 6. The highest BCUT2D eigenvalue weighted by atomic mass is 32.1. The third kappa shape index (κ3) is 2.48. The van der Waals surface area contributed by atoms with Gasteiger partial charge in [-0.25, -0.2) is 14.5 Å². The number of H-pyrrole nitrogens is 1. The van der Waals surface area contributed by atoms with E-state index in [1.807, 2.05) is 41.4 Å². The van der Waals surface area contributed by atoms with Crippen molar-refractivity contribution >= 4 is 27.9 Å². The zero-order chi connectivity index (χ0) is 18.5. The van der Waals surface area contributed by atoms with Gasteiger partial charge in [0, 0.05) is 40.8 Å². The maximum Gasteiger partial charge on any atom is 0.273 e. The van der Waals surface area contributed by atoms with Gasteiger partial charge in [-0.3, -0.25) is 14.6 Å². The Balaban J connectivity index is 1.70. The van der Waals surface area contributed by atoms with Gasteiger partial charge in [-0.05, 0) is 26.0 Å². The summed E-state index contributed by atoms with van der Waals surface area (Å²) in [6.07, 6.45) is 3.62. The number of benzene rings is 1. The number of fused-ring (bicyclic) bond motifs is 2. The standard InChI is InChI=1S/C19H16N6OS/c1-3-24-16-5-4-12(6-13(16)8-20-24)15-7-17(26)25-18(23-15)14(9-21-25)19-22-11(2)10-27-19/h4-10,21H,3H2,1-2H3. The molecule has 134 valence electrons. The highest BCUT2D eigenvalue weighted by Gasteiger charge is 2.14. The molecule has 0 saturated heterocycles. The second kappa shape index (κ2) is 5.88. The molecule has 27 heavy (non-hydrogen) atoms. The lowest BCUT2D eigenvalue weighted by atomic mass is 10.1. The predicted octanol–water partition coefficient (Wildman–Crippen LogP) is 3.49. The lowest BCUT2D eigenvalue weighted by Crippen LogP contribution is -2.14. The van der Waals surface area contributed by atoms with E-state index < -0.39 is 0 Å². The lowest BCUT2D eigenvalue weighted by Gasteiger charge is -2.04. The van der Waals surface area contributed by atoms with Crippen molar-refractivity contribution in [1.82, 2.24) is 29.4 Å². The smallest absolute Gasteiger partial charge is 0.273 e. The van der Waals surface area contributed by atoms with Crippen LogP contribution in [-0.4, -0.2) is 29.4 Å². The topological polar surface area (TPSA) is 80.9 Å². The Kier molecular flexibility index (Phi) is 3.48. The van der Waals surface area contributed by atoms with Crippen LogP contribution in [0.3, 0.4) is 0 Å². The van der Waals surface area contributed by atoms with Crippen LogP contribution in [0, 0.1) is 6.92 Å². The molecule has 0 atom stereocenters. The van der Waals surface area contributed by atoms with Crippen molar-refractivity contribution in [2.45, 2.75) is 20.4 Å². The molecule has 0 saturated carbocycles. The summed E-state index contributed by atoms with van der Waals surface area (Å²) in [6.45, 7) is 4.82. The summed E-state index contributed by atoms with van der Waals surface area (Å²) in [5.41, 5.74) is 4.80. The summed E-state index contributed by atoms with van der Waals surface area (Å²) in [5.74, 6) is 0. The molecule has 0 amide bonds. The molecule has 7 nitrogen and oxygen atoms in total. The Bertz CT molecular complexity index is 1360. The van der Waals surface area contributed by atoms with E-state index in [1.165, 1.54) is 15.9 Å². The van der Waals surface area contributed by atoms with Crippen LogP contribution in [0.4, 0.5) is 0 Å². The van der Waals surface area contributed by atoms with Gasteiger partial charge in [0.1, 0.15) is 5.01 Å². The first-order valence-corrected chi connectivity index (χ1v) is 9.51. The zero-order valence-electron chi connectivity index (χ0n) is 14.8. The highest BCUT2D eigenvalue weighted by Crippen LogP contribution is 2.28. The van der Waals surface area contributed by atoms with E-state index in [4.69, 9.17) is 4.98 Å². The summed E-state index contributed by atoms with van der Waals surface area (Å²) in [4.78, 5) is 21.9. The average molecular weight is 376 g/mol. The third-order valence-electron chi connectivity index (χ3n) is 4.58. The van der Waals surface area contributed by atoms with E-state index >= 15 is 0 Å². The number of hydrogen-bond donors (Lipinski definition) is 1. The van der Waals surface area contributed by atoms with Gasteiger partial charge < -0.3 is 0 Å². The molecule has 8 heteroatoms. The highest BCUT2D eigenvalue weighted by molar-refractivity contribution is 7.13. The Morgan fingerprint density at radius 2 is 2.11 bits per heavy atom. The molecule has 1 N–H and O–H groups in total. The number of nitrogens with one attached hydrogen (secondary N) is 1. The van der Waals surface area contributed by atoms with Crippen LogP contribution in [0.2, 0.25) is 0 Å². The van der Waals surface area contributed by atoms with Crippen LogP contribution < -0.4 is 5.56 Å². The number of hydrogen-bond acceptors (Lipinski definition) is 5. The first-order chi connectivity index (χ1) is 13.1. The van der Waals surface area contributed by atoms with E-state index in [9.17, 15) is 4.79 Å². The molecule has 5 rings (SSSR count). The Labute approximate surface area is 157 Å². The van der Waals surface area contributed by atoms with Gasteiger partial charge in [-0.1, -0.05) is 6.07 Å². The average Bonchev–Trinajstić information content (AvgIpc) is 3.38. The van der Waals surface area contributed by atoms with E-state index in [2.05, 4.69) is 22.1 Å². The number of aromatic amines is 1. The molecule has 1 aromatic carbocycles. The van der Waals surface area contributed by atoms with Crippen molar-refractivity contribution in [2.75, 3.05) is 0 Å². The van der Waals surface area contributed by atoms with Crippen molar-refractivity contribution in [3.8, 4) is 21.8 Å². The molecule has 0 aliphatic heterocycles. The van der Waals surface area contributed by atoms with Crippen molar-refractivity contribution in [3.05, 3.63) is 58.1 Å². The Hall–Kier alpha value is -3.26. The summed E-state index contributed by atoms with van der Waals surface area (Å²) < 4.78 is 3.39. The van der Waals surface area contributed by atoms with Crippen LogP contribution in [0.15, 0.2) is 46.8 Å². The van der Waals surface area contributed by atoms with E-state index in [1.54, 1.807) is 12.3 Å². The summed E-state index contributed by atoms with van der Waals surface area (Å²) in [7, 11) is 0. The molecular formula is C19H16N6OS. The van der Waals surface area contributed by atoms with Gasteiger partial charge in [0.2, 0.25) is 0 Å². The second-order valence-corrected chi connectivity index (χ2v) is 7.21. The van der Waals surface area contributed by atoms with Crippen LogP contribution >= 0.6 is 11.3 Å². The number of nitrogens with zero attached hydrogens (tertiary/aromatic N) is 5. The number of aryl methyl sites for hydroxylation is 2. The van der Waals surface area contributed by atoms with Crippen LogP contribution in [0.5, 0.6) is 0 Å². The molecular weight excluding hydrogens is 360 g/mol. The van der Waals surface area contributed by atoms with Crippen molar-refractivity contribution < 1.29 is 0 Å². The normalized spacial score (nSPS) is 11.6. The summed E-state index contributed by atoms with van der Waals surface area (Å²) in [6, 6.07) is 7.57. The van der Waals surface area contributed by atoms with E-state index in [0.29, 0.717) is 11.3 Å². The van der Waals surface area contributed by atoms with Gasteiger partial charge in [0.15, 0.2) is 5.65 Å². The quantitative estimate of drug-likeness (QED) is 0.523. The monoisotopic (exact) mass is 376 g/mol. The van der Waals surface area contributed by atoms with Gasteiger partial charge in [0.25, 0.3) is 5.56 Å². The van der Waals surface area contributed by atoms with Crippen molar-refractivity contribution in [1.29, 1.82) is 0 Å². The fourth-order valence-electron chi connectivity index (χ4n) is 3.26. The predicted molar refractivity (Wildman–Crippen MR) is 106 cm³/mol. The first-order valence-electron chi connectivity index (χ1n) is 8.63. The van der Waals surface area contributed by atoms with Gasteiger partial charge in [-0.15, -0.1) is 11.3 Å². The van der Waals surface area contributed by atoms with Gasteiger partial charge >= 0.3 is 0 Å². The third-order valence-corrected chi connectivity index (χ3v) is 5.58. The molecule has 0 unspecified atom stereocenters.